The van der Waals surface area contributed by atoms with Crippen LogP contribution in [-0.2, 0) is 0 Å². The van der Waals surface area contributed by atoms with Gasteiger partial charge in [0.25, 0.3) is 5.91 Å². The van der Waals surface area contributed by atoms with Crippen LogP contribution in [0.3, 0.4) is 0 Å². The van der Waals surface area contributed by atoms with Crippen molar-refractivity contribution in [3.05, 3.63) is 45.7 Å². The molecule has 3 N–H and O–H groups in total. The Labute approximate surface area is 132 Å². The lowest BCUT2D eigenvalue weighted by Crippen LogP contribution is -2.15. The molecule has 0 aliphatic carbocycles. The molecule has 114 valence electrons. The monoisotopic (exact) mass is 315 g/mol. The number of aromatic nitrogens is 3. The molecule has 0 aliphatic heterocycles. The summed E-state index contributed by atoms with van der Waals surface area (Å²) in [5, 5.41) is 3.60. The number of rotatable bonds is 3. The lowest BCUT2D eigenvalue weighted by Gasteiger charge is -2.02. The molecular formula is C15H17N5OS. The maximum atomic E-state index is 12.4. The zero-order valence-corrected chi connectivity index (χ0v) is 13.4. The summed E-state index contributed by atoms with van der Waals surface area (Å²) in [7, 11) is 0. The second-order valence-electron chi connectivity index (χ2n) is 5.17. The Kier molecular flexibility index (Phi) is 3.67. The van der Waals surface area contributed by atoms with E-state index in [1.54, 1.807) is 0 Å². The van der Waals surface area contributed by atoms with Gasteiger partial charge in [-0.3, -0.25) is 4.79 Å². The van der Waals surface area contributed by atoms with Crippen molar-refractivity contribution in [3.63, 3.8) is 0 Å². The van der Waals surface area contributed by atoms with E-state index in [0.29, 0.717) is 11.5 Å². The Morgan fingerprint density at radius 1 is 1.36 bits per heavy atom. The average Bonchev–Trinajstić information content (AvgIpc) is 3.01. The Hall–Kier alpha value is -2.25. The Bertz CT molecular complexity index is 849. The summed E-state index contributed by atoms with van der Waals surface area (Å²) in [6.45, 7) is 5.64. The molecule has 3 rings (SSSR count). The van der Waals surface area contributed by atoms with Gasteiger partial charge in [-0.25, -0.2) is 9.97 Å². The maximum absolute atomic E-state index is 12.4. The van der Waals surface area contributed by atoms with Gasteiger partial charge in [-0.1, -0.05) is 6.07 Å². The Morgan fingerprint density at radius 2 is 2.14 bits per heavy atom. The van der Waals surface area contributed by atoms with Crippen LogP contribution in [-0.4, -0.2) is 20.3 Å². The molecule has 1 unspecified atom stereocenters. The highest BCUT2D eigenvalue weighted by atomic mass is 32.1. The van der Waals surface area contributed by atoms with E-state index in [2.05, 4.69) is 15.3 Å². The number of nitrogens with one attached hydrogen (secondary N) is 1. The Balaban J connectivity index is 1.91. The van der Waals surface area contributed by atoms with Gasteiger partial charge in [-0.2, -0.15) is 0 Å². The standard InChI is InChI=1S/C15H17N5OS/c1-8(16)15-18-12(10(3)22-15)14(21)19-13-9(2)20-7-5-4-6-11(20)17-13/h4-8H,16H2,1-3H3,(H,19,21). The smallest absolute Gasteiger partial charge is 0.276 e. The SMILES string of the molecule is Cc1sc(C(C)N)nc1C(=O)Nc1nc2ccccn2c1C. The van der Waals surface area contributed by atoms with Gasteiger partial charge in [0.15, 0.2) is 5.82 Å². The predicted octanol–water partition coefficient (Wildman–Crippen LogP) is 2.68. The third-order valence-electron chi connectivity index (χ3n) is 3.42. The first kappa shape index (κ1) is 14.7. The average molecular weight is 315 g/mol. The van der Waals surface area contributed by atoms with Gasteiger partial charge in [-0.05, 0) is 32.9 Å². The van der Waals surface area contributed by atoms with Crippen LogP contribution in [0.4, 0.5) is 5.82 Å². The van der Waals surface area contributed by atoms with Gasteiger partial charge in [-0.15, -0.1) is 11.3 Å². The fourth-order valence-corrected chi connectivity index (χ4v) is 3.10. The van der Waals surface area contributed by atoms with Crippen LogP contribution < -0.4 is 11.1 Å². The molecule has 3 aromatic rings. The van der Waals surface area contributed by atoms with Gasteiger partial charge >= 0.3 is 0 Å². The molecule has 0 fully saturated rings. The topological polar surface area (TPSA) is 85.3 Å². The highest BCUT2D eigenvalue weighted by molar-refractivity contribution is 7.12. The highest BCUT2D eigenvalue weighted by Gasteiger charge is 2.19. The second kappa shape index (κ2) is 5.51. The third kappa shape index (κ3) is 2.49. The number of nitrogens with two attached hydrogens (primary N) is 1. The summed E-state index contributed by atoms with van der Waals surface area (Å²) >= 11 is 1.45. The molecule has 1 amide bonds. The van der Waals surface area contributed by atoms with E-state index in [0.717, 1.165) is 21.2 Å². The first-order valence-corrected chi connectivity index (χ1v) is 7.77. The van der Waals surface area contributed by atoms with Crippen LogP contribution in [0.1, 0.15) is 39.0 Å². The van der Waals surface area contributed by atoms with Crippen LogP contribution in [0, 0.1) is 13.8 Å². The van der Waals surface area contributed by atoms with Crippen molar-refractivity contribution in [2.45, 2.75) is 26.8 Å². The first-order valence-electron chi connectivity index (χ1n) is 6.95. The first-order chi connectivity index (χ1) is 10.5. The molecule has 0 spiro atoms. The lowest BCUT2D eigenvalue weighted by atomic mass is 10.3. The molecule has 6 nitrogen and oxygen atoms in total. The third-order valence-corrected chi connectivity index (χ3v) is 4.59. The summed E-state index contributed by atoms with van der Waals surface area (Å²) < 4.78 is 1.93. The summed E-state index contributed by atoms with van der Waals surface area (Å²) in [5.74, 6) is 0.290. The normalized spacial score (nSPS) is 12.5. The number of anilines is 1. The zero-order valence-electron chi connectivity index (χ0n) is 12.6. The van der Waals surface area contributed by atoms with E-state index >= 15 is 0 Å². The van der Waals surface area contributed by atoms with Crippen molar-refractivity contribution < 1.29 is 4.79 Å². The number of amides is 1. The second-order valence-corrected chi connectivity index (χ2v) is 6.41. The van der Waals surface area contributed by atoms with Gasteiger partial charge < -0.3 is 15.5 Å². The highest BCUT2D eigenvalue weighted by Crippen LogP contribution is 2.23. The minimum Gasteiger partial charge on any atom is -0.322 e. The van der Waals surface area contributed by atoms with E-state index in [1.807, 2.05) is 49.6 Å². The van der Waals surface area contributed by atoms with Crippen LogP contribution >= 0.6 is 11.3 Å². The van der Waals surface area contributed by atoms with Crippen LogP contribution in [0.5, 0.6) is 0 Å². The number of imidazole rings is 1. The van der Waals surface area contributed by atoms with E-state index in [-0.39, 0.29) is 11.9 Å². The summed E-state index contributed by atoms with van der Waals surface area (Å²) in [5.41, 5.74) is 7.91. The number of pyridine rings is 1. The molecule has 22 heavy (non-hydrogen) atoms. The summed E-state index contributed by atoms with van der Waals surface area (Å²) in [6, 6.07) is 5.55. The number of carbonyl (C=O) groups is 1. The van der Waals surface area contributed by atoms with Gasteiger partial charge in [0, 0.05) is 11.1 Å². The van der Waals surface area contributed by atoms with Crippen molar-refractivity contribution in [3.8, 4) is 0 Å². The summed E-state index contributed by atoms with van der Waals surface area (Å²) in [4.78, 5) is 22.1. The van der Waals surface area contributed by atoms with E-state index in [1.165, 1.54) is 11.3 Å². The fraction of sp³-hybridized carbons (Fsp3) is 0.267. The van der Waals surface area contributed by atoms with Crippen molar-refractivity contribution in [1.82, 2.24) is 14.4 Å². The molecule has 3 aromatic heterocycles. The van der Waals surface area contributed by atoms with Gasteiger partial charge in [0.2, 0.25) is 0 Å². The van der Waals surface area contributed by atoms with E-state index in [9.17, 15) is 4.79 Å². The quantitative estimate of drug-likeness (QED) is 0.778. The number of carbonyl (C=O) groups excluding carboxylic acids is 1. The van der Waals surface area contributed by atoms with Crippen LogP contribution in [0.2, 0.25) is 0 Å². The Morgan fingerprint density at radius 3 is 2.77 bits per heavy atom. The van der Waals surface area contributed by atoms with Crippen LogP contribution in [0.15, 0.2) is 24.4 Å². The number of hydrogen-bond donors (Lipinski definition) is 2. The minimum atomic E-state index is -0.257. The van der Waals surface area contributed by atoms with Gasteiger partial charge in [0.1, 0.15) is 16.3 Å². The maximum Gasteiger partial charge on any atom is 0.276 e. The van der Waals surface area contributed by atoms with E-state index < -0.39 is 0 Å². The summed E-state index contributed by atoms with van der Waals surface area (Å²) in [6.07, 6.45) is 1.91. The van der Waals surface area contributed by atoms with Crippen molar-refractivity contribution >= 4 is 28.7 Å². The molecule has 0 aromatic carbocycles. The molecule has 0 saturated carbocycles. The number of fused-ring (bicyclic) bond motifs is 1. The predicted molar refractivity (Wildman–Crippen MR) is 87.3 cm³/mol. The molecule has 7 heteroatoms. The molecule has 0 saturated heterocycles. The number of nitrogens with zero attached hydrogens (tertiary/aromatic N) is 3. The van der Waals surface area contributed by atoms with Crippen molar-refractivity contribution in [2.75, 3.05) is 5.32 Å². The zero-order chi connectivity index (χ0) is 15.9. The number of hydrogen-bond acceptors (Lipinski definition) is 5. The number of thiazole rings is 1. The molecule has 3 heterocycles. The van der Waals surface area contributed by atoms with Crippen molar-refractivity contribution in [1.29, 1.82) is 0 Å². The largest absolute Gasteiger partial charge is 0.322 e. The fourth-order valence-electron chi connectivity index (χ4n) is 2.23. The molecule has 1 atom stereocenters. The molecule has 0 aliphatic rings. The molecule has 0 radical (unpaired) electrons. The van der Waals surface area contributed by atoms with Gasteiger partial charge in [0.05, 0.1) is 11.7 Å². The lowest BCUT2D eigenvalue weighted by molar-refractivity contribution is 0.102. The molecule has 0 bridgehead atoms. The van der Waals surface area contributed by atoms with E-state index in [4.69, 9.17) is 5.73 Å². The minimum absolute atomic E-state index is 0.179. The van der Waals surface area contributed by atoms with Crippen LogP contribution in [0.25, 0.3) is 5.65 Å². The molecular weight excluding hydrogens is 298 g/mol. The van der Waals surface area contributed by atoms with Crippen molar-refractivity contribution in [2.24, 2.45) is 5.73 Å². The number of aryl methyl sites for hydroxylation is 2.